The van der Waals surface area contributed by atoms with E-state index in [0.717, 1.165) is 19.4 Å². The van der Waals surface area contributed by atoms with E-state index in [0.29, 0.717) is 0 Å². The van der Waals surface area contributed by atoms with Crippen LogP contribution in [-0.4, -0.2) is 14.9 Å². The lowest BCUT2D eigenvalue weighted by Crippen LogP contribution is -2.09. The van der Waals surface area contributed by atoms with Crippen LogP contribution in [0, 0.1) is 0 Å². The first-order valence-corrected chi connectivity index (χ1v) is 6.28. The van der Waals surface area contributed by atoms with Crippen LogP contribution in [0.1, 0.15) is 11.3 Å². The number of alkyl halides is 1. The Balaban J connectivity index is 1.76. The first-order valence-electron chi connectivity index (χ1n) is 4.97. The van der Waals surface area contributed by atoms with E-state index < -0.39 is 0 Å². The molecule has 4 heteroatoms. The molecule has 0 radical (unpaired) electrons. The fourth-order valence-corrected chi connectivity index (χ4v) is 2.46. The van der Waals surface area contributed by atoms with E-state index in [2.05, 4.69) is 22.5 Å². The molecule has 0 aliphatic carbocycles. The zero-order chi connectivity index (χ0) is 10.5. The maximum Gasteiger partial charge on any atom is 0.0946 e. The molecule has 15 heavy (non-hydrogen) atoms. The zero-order valence-electron chi connectivity index (χ0n) is 8.34. The van der Waals surface area contributed by atoms with Crippen LogP contribution in [0.4, 0.5) is 0 Å². The van der Waals surface area contributed by atoms with Gasteiger partial charge in [-0.15, -0.1) is 22.9 Å². The van der Waals surface area contributed by atoms with E-state index in [9.17, 15) is 0 Å². The predicted molar refractivity (Wildman–Crippen MR) is 64.5 cm³/mol. The van der Waals surface area contributed by atoms with Crippen LogP contribution >= 0.6 is 22.9 Å². The van der Waals surface area contributed by atoms with Gasteiger partial charge in [-0.2, -0.15) is 0 Å². The van der Waals surface area contributed by atoms with Crippen molar-refractivity contribution < 1.29 is 0 Å². The highest BCUT2D eigenvalue weighted by atomic mass is 35.5. The molecular weight excluding hydrogens is 228 g/mol. The maximum absolute atomic E-state index is 6.25. The normalized spacial score (nSPS) is 12.9. The van der Waals surface area contributed by atoms with Gasteiger partial charge in [0.15, 0.2) is 0 Å². The molecule has 2 rings (SSSR count). The van der Waals surface area contributed by atoms with Crippen molar-refractivity contribution in [2.75, 3.05) is 0 Å². The quantitative estimate of drug-likeness (QED) is 0.734. The highest BCUT2D eigenvalue weighted by Crippen LogP contribution is 2.15. The van der Waals surface area contributed by atoms with Gasteiger partial charge in [-0.25, -0.2) is 4.98 Å². The summed E-state index contributed by atoms with van der Waals surface area (Å²) in [6.45, 7) is 0.840. The summed E-state index contributed by atoms with van der Waals surface area (Å²) in [4.78, 5) is 5.40. The van der Waals surface area contributed by atoms with Crippen molar-refractivity contribution in [1.82, 2.24) is 9.55 Å². The topological polar surface area (TPSA) is 17.8 Å². The van der Waals surface area contributed by atoms with Crippen molar-refractivity contribution in [3.05, 3.63) is 41.1 Å². The zero-order valence-corrected chi connectivity index (χ0v) is 9.92. The minimum absolute atomic E-state index is 0.182. The van der Waals surface area contributed by atoms with Gasteiger partial charge < -0.3 is 4.57 Å². The van der Waals surface area contributed by atoms with Gasteiger partial charge in [0.1, 0.15) is 0 Å². The second kappa shape index (κ2) is 5.33. The van der Waals surface area contributed by atoms with Crippen molar-refractivity contribution in [1.29, 1.82) is 0 Å². The van der Waals surface area contributed by atoms with Crippen molar-refractivity contribution in [3.63, 3.8) is 0 Å². The lowest BCUT2D eigenvalue weighted by atomic mass is 10.2. The summed E-state index contributed by atoms with van der Waals surface area (Å²) in [5, 5.41) is 2.29. The Hall–Kier alpha value is -0.800. The molecule has 0 aliphatic rings. The third kappa shape index (κ3) is 3.36. The van der Waals surface area contributed by atoms with Crippen molar-refractivity contribution >= 4 is 22.9 Å². The van der Waals surface area contributed by atoms with E-state index in [1.165, 1.54) is 4.88 Å². The number of thiophene rings is 1. The van der Waals surface area contributed by atoms with Crippen LogP contribution in [0.25, 0.3) is 0 Å². The lowest BCUT2D eigenvalue weighted by molar-refractivity contribution is 0.619. The summed E-state index contributed by atoms with van der Waals surface area (Å²) in [5.74, 6) is 0. The average Bonchev–Trinajstić information content (AvgIpc) is 2.86. The number of halogens is 1. The summed E-state index contributed by atoms with van der Waals surface area (Å²) in [6.07, 6.45) is 7.62. The van der Waals surface area contributed by atoms with Gasteiger partial charge in [-0.05, 0) is 24.3 Å². The second-order valence-electron chi connectivity index (χ2n) is 3.47. The molecule has 2 aromatic heterocycles. The largest absolute Gasteiger partial charge is 0.336 e. The summed E-state index contributed by atoms with van der Waals surface area (Å²) in [7, 11) is 0. The molecule has 1 atom stereocenters. The molecule has 0 saturated heterocycles. The molecule has 1 unspecified atom stereocenters. The van der Waals surface area contributed by atoms with E-state index in [4.69, 9.17) is 11.6 Å². The van der Waals surface area contributed by atoms with Gasteiger partial charge in [0.05, 0.1) is 11.7 Å². The van der Waals surface area contributed by atoms with Crippen LogP contribution in [0.3, 0.4) is 0 Å². The van der Waals surface area contributed by atoms with Crippen LogP contribution in [-0.2, 0) is 13.0 Å². The van der Waals surface area contributed by atoms with Gasteiger partial charge in [0, 0.05) is 23.8 Å². The number of aromatic nitrogens is 2. The third-order valence-corrected chi connectivity index (χ3v) is 3.54. The smallest absolute Gasteiger partial charge is 0.0946 e. The third-order valence-electron chi connectivity index (χ3n) is 2.25. The summed E-state index contributed by atoms with van der Waals surface area (Å²) in [6, 6.07) is 4.24. The minimum atomic E-state index is 0.182. The Bertz CT molecular complexity index is 369. The van der Waals surface area contributed by atoms with Crippen molar-refractivity contribution in [3.8, 4) is 0 Å². The molecular formula is C11H13ClN2S. The van der Waals surface area contributed by atoms with E-state index in [1.807, 2.05) is 10.8 Å². The molecule has 2 heterocycles. The Kier molecular flexibility index (Phi) is 3.80. The van der Waals surface area contributed by atoms with Gasteiger partial charge in [0.2, 0.25) is 0 Å². The van der Waals surface area contributed by atoms with E-state index in [1.54, 1.807) is 23.9 Å². The molecule has 0 fully saturated rings. The number of imidazole rings is 1. The lowest BCUT2D eigenvalue weighted by Gasteiger charge is -2.08. The van der Waals surface area contributed by atoms with Crippen molar-refractivity contribution in [2.24, 2.45) is 0 Å². The van der Waals surface area contributed by atoms with Crippen LogP contribution in [0.2, 0.25) is 0 Å². The van der Waals surface area contributed by atoms with Crippen molar-refractivity contribution in [2.45, 2.75) is 24.8 Å². The fraction of sp³-hybridized carbons (Fsp3) is 0.364. The Morgan fingerprint density at radius 3 is 3.13 bits per heavy atom. The standard InChI is InChI=1S/C11H13ClN2S/c12-10(8-14-6-5-13-9-14)3-4-11-2-1-7-15-11/h1-2,5-7,9-10H,3-4,8H2. The Morgan fingerprint density at radius 2 is 2.47 bits per heavy atom. The monoisotopic (exact) mass is 240 g/mol. The fourth-order valence-electron chi connectivity index (χ4n) is 1.47. The number of hydrogen-bond acceptors (Lipinski definition) is 2. The van der Waals surface area contributed by atoms with Gasteiger partial charge in [0.25, 0.3) is 0 Å². The van der Waals surface area contributed by atoms with Crippen LogP contribution < -0.4 is 0 Å². The molecule has 2 nitrogen and oxygen atoms in total. The molecule has 0 aromatic carbocycles. The van der Waals surface area contributed by atoms with Gasteiger partial charge in [-0.1, -0.05) is 6.07 Å². The van der Waals surface area contributed by atoms with E-state index in [-0.39, 0.29) is 5.38 Å². The summed E-state index contributed by atoms with van der Waals surface area (Å²) >= 11 is 8.04. The number of rotatable bonds is 5. The highest BCUT2D eigenvalue weighted by Gasteiger charge is 2.06. The Morgan fingerprint density at radius 1 is 1.53 bits per heavy atom. The number of nitrogens with zero attached hydrogens (tertiary/aromatic N) is 2. The molecule has 0 saturated carbocycles. The molecule has 0 spiro atoms. The first kappa shape index (κ1) is 10.7. The first-order chi connectivity index (χ1) is 7.34. The van der Waals surface area contributed by atoms with Crippen LogP contribution in [0.15, 0.2) is 36.2 Å². The summed E-state index contributed by atoms with van der Waals surface area (Å²) < 4.78 is 2.02. The average molecular weight is 241 g/mol. The maximum atomic E-state index is 6.25. The molecule has 0 amide bonds. The molecule has 0 N–H and O–H groups in total. The number of hydrogen-bond donors (Lipinski definition) is 0. The summed E-state index contributed by atoms with van der Waals surface area (Å²) in [5.41, 5.74) is 0. The SMILES string of the molecule is ClC(CCc1cccs1)Cn1ccnc1. The number of aryl methyl sites for hydroxylation is 1. The molecule has 0 bridgehead atoms. The van der Waals surface area contributed by atoms with E-state index >= 15 is 0 Å². The Labute approximate surface area is 98.5 Å². The molecule has 2 aromatic rings. The molecule has 0 aliphatic heterocycles. The molecule has 80 valence electrons. The van der Waals surface area contributed by atoms with Crippen LogP contribution in [0.5, 0.6) is 0 Å². The minimum Gasteiger partial charge on any atom is -0.336 e. The highest BCUT2D eigenvalue weighted by molar-refractivity contribution is 7.09. The van der Waals surface area contributed by atoms with Gasteiger partial charge >= 0.3 is 0 Å². The van der Waals surface area contributed by atoms with Gasteiger partial charge in [-0.3, -0.25) is 0 Å². The predicted octanol–water partition coefficient (Wildman–Crippen LogP) is 3.18. The second-order valence-corrected chi connectivity index (χ2v) is 5.12.